The van der Waals surface area contributed by atoms with E-state index in [1.54, 1.807) is 4.68 Å². The third-order valence-corrected chi connectivity index (χ3v) is 3.08. The van der Waals surface area contributed by atoms with Crippen molar-refractivity contribution in [1.29, 1.82) is 0 Å². The first-order valence-electron chi connectivity index (χ1n) is 6.18. The Morgan fingerprint density at radius 2 is 1.95 bits per heavy atom. The monoisotopic (exact) mass is 270 g/mol. The molecule has 1 aromatic carbocycles. The summed E-state index contributed by atoms with van der Waals surface area (Å²) in [5.74, 6) is 1.43. The number of rotatable bonds is 3. The second-order valence-electron chi connectivity index (χ2n) is 4.60. The van der Waals surface area contributed by atoms with E-state index in [9.17, 15) is 0 Å². The summed E-state index contributed by atoms with van der Waals surface area (Å²) in [6.07, 6.45) is 0. The normalized spacial score (nSPS) is 10.9. The van der Waals surface area contributed by atoms with Crippen LogP contribution >= 0.6 is 0 Å². The molecule has 0 aliphatic rings. The summed E-state index contributed by atoms with van der Waals surface area (Å²) in [6.45, 7) is 4.23. The molecule has 7 heteroatoms. The quantitative estimate of drug-likeness (QED) is 0.776. The van der Waals surface area contributed by atoms with E-state index in [4.69, 9.17) is 10.3 Å². The molecule has 20 heavy (non-hydrogen) atoms. The van der Waals surface area contributed by atoms with Gasteiger partial charge in [-0.1, -0.05) is 40.2 Å². The molecule has 3 rings (SSSR count). The van der Waals surface area contributed by atoms with E-state index < -0.39 is 0 Å². The molecule has 2 N–H and O–H groups in total. The summed E-state index contributed by atoms with van der Waals surface area (Å²) in [5.41, 5.74) is 8.52. The molecule has 0 bridgehead atoms. The van der Waals surface area contributed by atoms with Crippen LogP contribution in [0.25, 0.3) is 11.4 Å². The van der Waals surface area contributed by atoms with Crippen LogP contribution in [-0.2, 0) is 6.54 Å². The van der Waals surface area contributed by atoms with Crippen LogP contribution in [0.15, 0.2) is 28.8 Å². The van der Waals surface area contributed by atoms with Crippen LogP contribution in [0, 0.1) is 13.8 Å². The molecule has 7 nitrogen and oxygen atoms in total. The molecule has 0 atom stereocenters. The number of hydrogen-bond donors (Lipinski definition) is 1. The Balaban J connectivity index is 1.83. The van der Waals surface area contributed by atoms with Crippen LogP contribution < -0.4 is 5.73 Å². The minimum Gasteiger partial charge on any atom is -0.381 e. The Bertz CT molecular complexity index is 728. The molecule has 102 valence electrons. The van der Waals surface area contributed by atoms with Crippen molar-refractivity contribution in [2.45, 2.75) is 20.4 Å². The fraction of sp³-hybridized carbons (Fsp3) is 0.231. The molecule has 0 fully saturated rings. The van der Waals surface area contributed by atoms with Crippen LogP contribution in [0.1, 0.15) is 17.1 Å². The zero-order valence-electron chi connectivity index (χ0n) is 11.2. The van der Waals surface area contributed by atoms with Crippen LogP contribution in [0.5, 0.6) is 0 Å². The molecule has 0 radical (unpaired) electrons. The van der Waals surface area contributed by atoms with Crippen molar-refractivity contribution in [3.05, 3.63) is 41.4 Å². The largest absolute Gasteiger partial charge is 0.381 e. The first kappa shape index (κ1) is 12.3. The highest BCUT2D eigenvalue weighted by atomic mass is 16.5. The van der Waals surface area contributed by atoms with E-state index in [2.05, 4.69) is 20.5 Å². The number of aryl methyl sites for hydroxylation is 1. The fourth-order valence-electron chi connectivity index (χ4n) is 1.79. The van der Waals surface area contributed by atoms with Gasteiger partial charge in [0.25, 0.3) is 0 Å². The van der Waals surface area contributed by atoms with Crippen molar-refractivity contribution in [3.63, 3.8) is 0 Å². The van der Waals surface area contributed by atoms with Gasteiger partial charge in [-0.3, -0.25) is 0 Å². The number of anilines is 1. The highest BCUT2D eigenvalue weighted by molar-refractivity contribution is 5.54. The van der Waals surface area contributed by atoms with Gasteiger partial charge in [-0.15, -0.1) is 5.10 Å². The zero-order valence-corrected chi connectivity index (χ0v) is 11.2. The Kier molecular flexibility index (Phi) is 2.94. The summed E-state index contributed by atoms with van der Waals surface area (Å²) in [7, 11) is 0. The van der Waals surface area contributed by atoms with Crippen molar-refractivity contribution >= 4 is 5.82 Å². The molecule has 0 amide bonds. The summed E-state index contributed by atoms with van der Waals surface area (Å²) in [5, 5.41) is 11.7. The minimum absolute atomic E-state index is 0.356. The van der Waals surface area contributed by atoms with Gasteiger partial charge in [0.05, 0.1) is 5.69 Å². The van der Waals surface area contributed by atoms with Crippen molar-refractivity contribution < 1.29 is 4.52 Å². The fourth-order valence-corrected chi connectivity index (χ4v) is 1.79. The van der Waals surface area contributed by atoms with Gasteiger partial charge in [-0.25, -0.2) is 4.68 Å². The maximum Gasteiger partial charge on any atom is 0.248 e. The maximum atomic E-state index is 5.64. The lowest BCUT2D eigenvalue weighted by atomic mass is 10.1. The molecule has 0 aliphatic heterocycles. The van der Waals surface area contributed by atoms with Gasteiger partial charge >= 0.3 is 0 Å². The smallest absolute Gasteiger partial charge is 0.248 e. The summed E-state index contributed by atoms with van der Waals surface area (Å²) in [6, 6.07) is 7.94. The highest BCUT2D eigenvalue weighted by Crippen LogP contribution is 2.17. The summed E-state index contributed by atoms with van der Waals surface area (Å²) < 4.78 is 6.85. The average molecular weight is 270 g/mol. The predicted molar refractivity (Wildman–Crippen MR) is 72.7 cm³/mol. The third-order valence-electron chi connectivity index (χ3n) is 3.08. The van der Waals surface area contributed by atoms with E-state index in [0.29, 0.717) is 24.1 Å². The molecular weight excluding hydrogens is 256 g/mol. The van der Waals surface area contributed by atoms with Gasteiger partial charge in [-0.05, 0) is 13.8 Å². The average Bonchev–Trinajstić information content (AvgIpc) is 3.02. The van der Waals surface area contributed by atoms with E-state index in [0.717, 1.165) is 11.3 Å². The second kappa shape index (κ2) is 4.76. The minimum atomic E-state index is 0.356. The number of nitrogens with two attached hydrogens (primary N) is 1. The highest BCUT2D eigenvalue weighted by Gasteiger charge is 2.12. The molecule has 3 aromatic rings. The van der Waals surface area contributed by atoms with Gasteiger partial charge in [0, 0.05) is 5.56 Å². The van der Waals surface area contributed by atoms with E-state index in [-0.39, 0.29) is 0 Å². The molecule has 2 heterocycles. The molecule has 0 saturated heterocycles. The molecule has 2 aromatic heterocycles. The first-order chi connectivity index (χ1) is 9.63. The lowest BCUT2D eigenvalue weighted by Crippen LogP contribution is -2.04. The molecular formula is C13H14N6O. The number of benzene rings is 1. The molecule has 0 saturated carbocycles. The lowest BCUT2D eigenvalue weighted by molar-refractivity contribution is 0.363. The number of nitrogen functional groups attached to an aromatic ring is 1. The SMILES string of the molecule is Cc1ccc(-c2noc(Cn3nnc(N)c3C)n2)cc1. The predicted octanol–water partition coefficient (Wildman–Crippen LogP) is 1.58. The zero-order chi connectivity index (χ0) is 14.1. The maximum absolute atomic E-state index is 5.64. The van der Waals surface area contributed by atoms with E-state index in [1.807, 2.05) is 38.1 Å². The van der Waals surface area contributed by atoms with Crippen LogP contribution in [0.3, 0.4) is 0 Å². The summed E-state index contributed by atoms with van der Waals surface area (Å²) >= 11 is 0. The third kappa shape index (κ3) is 2.25. The summed E-state index contributed by atoms with van der Waals surface area (Å²) in [4.78, 5) is 4.35. The molecule has 0 unspecified atom stereocenters. The van der Waals surface area contributed by atoms with Crippen molar-refractivity contribution in [3.8, 4) is 11.4 Å². The van der Waals surface area contributed by atoms with Gasteiger partial charge < -0.3 is 10.3 Å². The van der Waals surface area contributed by atoms with E-state index in [1.165, 1.54) is 5.56 Å². The van der Waals surface area contributed by atoms with Crippen molar-refractivity contribution in [1.82, 2.24) is 25.1 Å². The standard InChI is InChI=1S/C13H14N6O/c1-8-3-5-10(6-4-8)13-15-11(20-17-13)7-19-9(2)12(14)16-18-19/h3-6H,7,14H2,1-2H3. The van der Waals surface area contributed by atoms with E-state index >= 15 is 0 Å². The number of aromatic nitrogens is 5. The van der Waals surface area contributed by atoms with Crippen LogP contribution in [0.2, 0.25) is 0 Å². The van der Waals surface area contributed by atoms with Gasteiger partial charge in [0.15, 0.2) is 5.82 Å². The Morgan fingerprint density at radius 1 is 1.20 bits per heavy atom. The van der Waals surface area contributed by atoms with Gasteiger partial charge in [-0.2, -0.15) is 4.98 Å². The van der Waals surface area contributed by atoms with Gasteiger partial charge in [0.2, 0.25) is 11.7 Å². The molecule has 0 spiro atoms. The Morgan fingerprint density at radius 3 is 2.60 bits per heavy atom. The lowest BCUT2D eigenvalue weighted by Gasteiger charge is -1.97. The molecule has 0 aliphatic carbocycles. The van der Waals surface area contributed by atoms with Gasteiger partial charge in [0.1, 0.15) is 6.54 Å². The first-order valence-corrected chi connectivity index (χ1v) is 6.18. The topological polar surface area (TPSA) is 95.7 Å². The van der Waals surface area contributed by atoms with Crippen LogP contribution in [-0.4, -0.2) is 25.1 Å². The van der Waals surface area contributed by atoms with Crippen molar-refractivity contribution in [2.24, 2.45) is 0 Å². The Hall–Kier alpha value is -2.70. The van der Waals surface area contributed by atoms with Crippen molar-refractivity contribution in [2.75, 3.05) is 5.73 Å². The van der Waals surface area contributed by atoms with Crippen LogP contribution in [0.4, 0.5) is 5.82 Å². The second-order valence-corrected chi connectivity index (χ2v) is 4.60. The number of nitrogens with zero attached hydrogens (tertiary/aromatic N) is 5. The Labute approximate surface area is 115 Å². The number of hydrogen-bond acceptors (Lipinski definition) is 6.